The Hall–Kier alpha value is -3.38. The van der Waals surface area contributed by atoms with Crippen LogP contribution in [-0.2, 0) is 16.5 Å². The highest BCUT2D eigenvalue weighted by atomic mass is 19.4. The molecule has 2 aromatic rings. The van der Waals surface area contributed by atoms with Gasteiger partial charge >= 0.3 is 12.2 Å². The van der Waals surface area contributed by atoms with Crippen LogP contribution >= 0.6 is 0 Å². The minimum Gasteiger partial charge on any atom is -0.393 e. The van der Waals surface area contributed by atoms with Crippen molar-refractivity contribution in [3.63, 3.8) is 0 Å². The molecule has 0 unspecified atom stereocenters. The molecule has 0 radical (unpaired) electrons. The average molecular weight is 389 g/mol. The lowest BCUT2D eigenvalue weighted by atomic mass is 9.89. The van der Waals surface area contributed by atoms with Crippen LogP contribution in [-0.4, -0.2) is 35.6 Å². The predicted molar refractivity (Wildman–Crippen MR) is 92.0 cm³/mol. The number of carbonyl (C=O) groups excluding carboxylic acids is 2. The Kier molecular flexibility index (Phi) is 4.61. The number of likely N-dealkylation sites (N-methyl/N-ethyl adjacent to an activating group) is 1. The maximum atomic E-state index is 13.3. The van der Waals surface area contributed by atoms with E-state index in [1.165, 1.54) is 13.1 Å². The summed E-state index contributed by atoms with van der Waals surface area (Å²) < 4.78 is 39.8. The van der Waals surface area contributed by atoms with Gasteiger partial charge in [0, 0.05) is 7.05 Å². The molecule has 1 atom stereocenters. The fourth-order valence-electron chi connectivity index (χ4n) is 3.26. The molecule has 0 aliphatic carbocycles. The zero-order chi connectivity index (χ0) is 20.7. The van der Waals surface area contributed by atoms with Crippen molar-refractivity contribution in [1.29, 1.82) is 5.26 Å². The summed E-state index contributed by atoms with van der Waals surface area (Å²) in [5.74, 6) is -0.883. The molecular weight excluding hydrogens is 375 g/mol. The summed E-state index contributed by atoms with van der Waals surface area (Å²) in [6.45, 7) is -0.753. The SMILES string of the molecule is CN1C(=O)N(c2ccc(C#N)c(C(F)(F)F)c2)C(=O)[C@]1(CO)c1ccccc1. The lowest BCUT2D eigenvalue weighted by Gasteiger charge is -2.31. The van der Waals surface area contributed by atoms with Crippen molar-refractivity contribution >= 4 is 17.6 Å². The van der Waals surface area contributed by atoms with E-state index in [0.29, 0.717) is 16.5 Å². The van der Waals surface area contributed by atoms with Gasteiger partial charge in [-0.25, -0.2) is 9.69 Å². The molecule has 0 aromatic heterocycles. The first-order valence-corrected chi connectivity index (χ1v) is 8.08. The van der Waals surface area contributed by atoms with E-state index in [-0.39, 0.29) is 5.69 Å². The van der Waals surface area contributed by atoms with Crippen LogP contribution in [0.3, 0.4) is 0 Å². The number of nitrogens with zero attached hydrogens (tertiary/aromatic N) is 3. The number of aliphatic hydroxyl groups excluding tert-OH is 1. The van der Waals surface area contributed by atoms with Gasteiger partial charge in [0.15, 0.2) is 5.54 Å². The second-order valence-electron chi connectivity index (χ2n) is 6.21. The number of anilines is 1. The number of benzene rings is 2. The molecule has 144 valence electrons. The van der Waals surface area contributed by atoms with E-state index >= 15 is 0 Å². The van der Waals surface area contributed by atoms with Gasteiger partial charge in [0.05, 0.1) is 29.5 Å². The van der Waals surface area contributed by atoms with Gasteiger partial charge in [-0.05, 0) is 23.8 Å². The van der Waals surface area contributed by atoms with Gasteiger partial charge in [-0.15, -0.1) is 0 Å². The van der Waals surface area contributed by atoms with Crippen LogP contribution in [0, 0.1) is 11.3 Å². The minimum absolute atomic E-state index is 0.325. The predicted octanol–water partition coefficient (Wildman–Crippen LogP) is 2.86. The number of amides is 3. The molecule has 1 saturated heterocycles. The Morgan fingerprint density at radius 1 is 1.14 bits per heavy atom. The van der Waals surface area contributed by atoms with Crippen LogP contribution in [0.1, 0.15) is 16.7 Å². The van der Waals surface area contributed by atoms with Crippen LogP contribution < -0.4 is 4.90 Å². The summed E-state index contributed by atoms with van der Waals surface area (Å²) in [7, 11) is 1.29. The molecule has 6 nitrogen and oxygen atoms in total. The zero-order valence-corrected chi connectivity index (χ0v) is 14.6. The van der Waals surface area contributed by atoms with Crippen molar-refractivity contribution in [3.05, 3.63) is 65.2 Å². The molecular formula is C19H14F3N3O3. The van der Waals surface area contributed by atoms with Gasteiger partial charge in [0.1, 0.15) is 0 Å². The van der Waals surface area contributed by atoms with Crippen molar-refractivity contribution in [2.45, 2.75) is 11.7 Å². The highest BCUT2D eigenvalue weighted by molar-refractivity contribution is 6.23. The molecule has 1 N–H and O–H groups in total. The monoisotopic (exact) mass is 389 g/mol. The van der Waals surface area contributed by atoms with Gasteiger partial charge in [0.25, 0.3) is 5.91 Å². The third kappa shape index (κ3) is 2.70. The van der Waals surface area contributed by atoms with Crippen molar-refractivity contribution in [2.75, 3.05) is 18.6 Å². The maximum Gasteiger partial charge on any atom is 0.417 e. The molecule has 0 spiro atoms. The van der Waals surface area contributed by atoms with E-state index < -0.39 is 41.4 Å². The zero-order valence-electron chi connectivity index (χ0n) is 14.6. The minimum atomic E-state index is -4.84. The van der Waals surface area contributed by atoms with Gasteiger partial charge in [-0.1, -0.05) is 30.3 Å². The quantitative estimate of drug-likeness (QED) is 0.819. The van der Waals surface area contributed by atoms with E-state index in [1.54, 1.807) is 30.3 Å². The fraction of sp³-hybridized carbons (Fsp3) is 0.211. The summed E-state index contributed by atoms with van der Waals surface area (Å²) in [6, 6.07) is 11.1. The summed E-state index contributed by atoms with van der Waals surface area (Å²) in [5, 5.41) is 18.9. The number of hydrogen-bond donors (Lipinski definition) is 1. The van der Waals surface area contributed by atoms with Gasteiger partial charge in [-0.2, -0.15) is 18.4 Å². The van der Waals surface area contributed by atoms with Crippen molar-refractivity contribution in [3.8, 4) is 6.07 Å². The topological polar surface area (TPSA) is 84.6 Å². The van der Waals surface area contributed by atoms with Crippen molar-refractivity contribution in [1.82, 2.24) is 4.90 Å². The molecule has 2 aromatic carbocycles. The Balaban J connectivity index is 2.16. The third-order valence-electron chi connectivity index (χ3n) is 4.78. The van der Waals surface area contributed by atoms with Crippen LogP contribution in [0.25, 0.3) is 0 Å². The highest BCUT2D eigenvalue weighted by Crippen LogP contribution is 2.40. The number of halogens is 3. The maximum absolute atomic E-state index is 13.3. The molecule has 9 heteroatoms. The smallest absolute Gasteiger partial charge is 0.393 e. The van der Waals surface area contributed by atoms with Crippen LogP contribution in [0.5, 0.6) is 0 Å². The number of nitriles is 1. The average Bonchev–Trinajstić information content (AvgIpc) is 2.87. The van der Waals surface area contributed by atoms with Gasteiger partial charge < -0.3 is 10.0 Å². The summed E-state index contributed by atoms with van der Waals surface area (Å²) in [6.07, 6.45) is -4.84. The van der Waals surface area contributed by atoms with E-state index in [1.807, 2.05) is 0 Å². The Morgan fingerprint density at radius 3 is 2.32 bits per heavy atom. The molecule has 3 rings (SSSR count). The number of rotatable bonds is 3. The van der Waals surface area contributed by atoms with Crippen LogP contribution in [0.4, 0.5) is 23.7 Å². The number of imide groups is 1. The Morgan fingerprint density at radius 2 is 1.79 bits per heavy atom. The first kappa shape index (κ1) is 19.4. The third-order valence-corrected chi connectivity index (χ3v) is 4.78. The van der Waals surface area contributed by atoms with Crippen molar-refractivity contribution < 1.29 is 27.9 Å². The lowest BCUT2D eigenvalue weighted by Crippen LogP contribution is -2.48. The number of urea groups is 1. The normalized spacial score (nSPS) is 19.9. The first-order chi connectivity index (χ1) is 13.2. The first-order valence-electron chi connectivity index (χ1n) is 8.08. The molecule has 1 aliphatic rings. The Labute approximate surface area is 158 Å². The summed E-state index contributed by atoms with van der Waals surface area (Å²) >= 11 is 0. The number of aliphatic hydroxyl groups is 1. The van der Waals surface area contributed by atoms with E-state index in [4.69, 9.17) is 5.26 Å². The fourth-order valence-corrected chi connectivity index (χ4v) is 3.26. The lowest BCUT2D eigenvalue weighted by molar-refractivity contribution is -0.137. The second kappa shape index (κ2) is 6.65. The van der Waals surface area contributed by atoms with Crippen LogP contribution in [0.2, 0.25) is 0 Å². The molecule has 3 amide bonds. The van der Waals surface area contributed by atoms with E-state index in [2.05, 4.69) is 0 Å². The molecule has 28 heavy (non-hydrogen) atoms. The second-order valence-corrected chi connectivity index (χ2v) is 6.21. The molecule has 1 aliphatic heterocycles. The van der Waals surface area contributed by atoms with Gasteiger partial charge in [-0.3, -0.25) is 4.79 Å². The van der Waals surface area contributed by atoms with Gasteiger partial charge in [0.2, 0.25) is 0 Å². The standard InChI is InChI=1S/C19H14F3N3O3/c1-24-17(28)25(14-8-7-12(10-23)15(9-14)19(20,21)22)16(27)18(24,11-26)13-5-3-2-4-6-13/h2-9,26H,11H2,1H3/t18-/m0/s1. The molecule has 1 fully saturated rings. The molecule has 1 heterocycles. The Bertz CT molecular complexity index is 985. The molecule has 0 saturated carbocycles. The molecule has 0 bridgehead atoms. The summed E-state index contributed by atoms with van der Waals surface area (Å²) in [5.41, 5.74) is -3.65. The van der Waals surface area contributed by atoms with E-state index in [0.717, 1.165) is 17.0 Å². The van der Waals surface area contributed by atoms with E-state index in [9.17, 15) is 27.9 Å². The largest absolute Gasteiger partial charge is 0.417 e. The highest BCUT2D eigenvalue weighted by Gasteiger charge is 2.57. The number of hydrogen-bond acceptors (Lipinski definition) is 4. The number of carbonyl (C=O) groups is 2. The number of alkyl halides is 3. The van der Waals surface area contributed by atoms with Crippen molar-refractivity contribution in [2.24, 2.45) is 0 Å². The van der Waals surface area contributed by atoms with Crippen LogP contribution in [0.15, 0.2) is 48.5 Å². The summed E-state index contributed by atoms with van der Waals surface area (Å²) in [4.78, 5) is 27.5.